The molecule has 0 aromatic carbocycles. The van der Waals surface area contributed by atoms with E-state index in [1.165, 1.54) is 315 Å². The zero-order valence-corrected chi connectivity index (χ0v) is 52.1. The van der Waals surface area contributed by atoms with E-state index in [2.05, 4.69) is 20.8 Å². The summed E-state index contributed by atoms with van der Waals surface area (Å²) in [6.45, 7) is 6.68. The summed E-state index contributed by atoms with van der Waals surface area (Å²) in [6, 6.07) is 0. The van der Waals surface area contributed by atoms with E-state index in [0.717, 1.165) is 57.8 Å². The number of ether oxygens (including phenoxy) is 3. The highest BCUT2D eigenvalue weighted by molar-refractivity contribution is 5.71. The van der Waals surface area contributed by atoms with Gasteiger partial charge in [0, 0.05) is 19.3 Å². The molecule has 0 aliphatic rings. The van der Waals surface area contributed by atoms with E-state index in [1.54, 1.807) is 0 Å². The molecule has 1 unspecified atom stereocenters. The minimum atomic E-state index is -0.761. The van der Waals surface area contributed by atoms with Crippen molar-refractivity contribution in [2.45, 2.75) is 419 Å². The number of esters is 3. The molecule has 76 heavy (non-hydrogen) atoms. The lowest BCUT2D eigenvalue weighted by Crippen LogP contribution is -2.30. The van der Waals surface area contributed by atoms with Gasteiger partial charge >= 0.3 is 17.9 Å². The van der Waals surface area contributed by atoms with E-state index >= 15 is 0 Å². The van der Waals surface area contributed by atoms with Gasteiger partial charge in [0.25, 0.3) is 0 Å². The van der Waals surface area contributed by atoms with Crippen molar-refractivity contribution >= 4 is 17.9 Å². The Kier molecular flexibility index (Phi) is 64.5. The van der Waals surface area contributed by atoms with E-state index in [1.807, 2.05) is 0 Å². The first-order chi connectivity index (χ1) is 37.5. The van der Waals surface area contributed by atoms with Crippen molar-refractivity contribution in [1.82, 2.24) is 0 Å². The van der Waals surface area contributed by atoms with Gasteiger partial charge in [-0.15, -0.1) is 0 Å². The van der Waals surface area contributed by atoms with E-state index < -0.39 is 6.10 Å². The van der Waals surface area contributed by atoms with E-state index in [-0.39, 0.29) is 31.1 Å². The van der Waals surface area contributed by atoms with Crippen molar-refractivity contribution in [3.63, 3.8) is 0 Å². The van der Waals surface area contributed by atoms with Gasteiger partial charge in [0.1, 0.15) is 13.2 Å². The molecular formula is C70H136O6. The summed E-state index contributed by atoms with van der Waals surface area (Å²) in [5.41, 5.74) is 0. The second-order valence-corrected chi connectivity index (χ2v) is 24.2. The van der Waals surface area contributed by atoms with Crippen molar-refractivity contribution in [3.05, 3.63) is 0 Å². The highest BCUT2D eigenvalue weighted by atomic mass is 16.6. The van der Waals surface area contributed by atoms with Gasteiger partial charge in [0.15, 0.2) is 6.10 Å². The molecule has 0 amide bonds. The number of rotatable bonds is 66. The van der Waals surface area contributed by atoms with Crippen LogP contribution in [0.5, 0.6) is 0 Å². The van der Waals surface area contributed by atoms with Gasteiger partial charge in [-0.05, 0) is 19.3 Å². The van der Waals surface area contributed by atoms with Crippen LogP contribution in [0.3, 0.4) is 0 Å². The molecule has 0 radical (unpaired) electrons. The Labute approximate surface area is 476 Å². The molecule has 0 aliphatic heterocycles. The maximum atomic E-state index is 12.8. The quantitative estimate of drug-likeness (QED) is 0.0343. The summed E-state index contributed by atoms with van der Waals surface area (Å²) < 4.78 is 16.9. The van der Waals surface area contributed by atoms with Crippen LogP contribution in [0.2, 0.25) is 0 Å². The molecule has 0 saturated carbocycles. The minimum Gasteiger partial charge on any atom is -0.462 e. The summed E-state index contributed by atoms with van der Waals surface area (Å²) in [5.74, 6) is -0.836. The number of carbonyl (C=O) groups excluding carboxylic acids is 3. The molecule has 0 aliphatic carbocycles. The summed E-state index contributed by atoms with van der Waals surface area (Å²) >= 11 is 0. The van der Waals surface area contributed by atoms with Crippen molar-refractivity contribution < 1.29 is 28.6 Å². The molecular weight excluding hydrogens is 937 g/mol. The molecule has 6 nitrogen and oxygen atoms in total. The van der Waals surface area contributed by atoms with Gasteiger partial charge in [-0.3, -0.25) is 14.4 Å². The predicted molar refractivity (Wildman–Crippen MR) is 330 cm³/mol. The standard InChI is InChI=1S/C70H136O6/c1-4-7-10-13-16-18-20-22-24-26-27-28-29-30-31-32-33-34-35-36-37-38-39-40-41-42-44-45-47-49-51-54-57-60-63-69(72)75-66-67(65-74-68(71)62-59-56-53-15-12-9-6-3)76-70(73)64-61-58-55-52-50-48-46-43-25-23-21-19-17-14-11-8-5-2/h67H,4-66H2,1-3H3. The van der Waals surface area contributed by atoms with Crippen LogP contribution in [0.25, 0.3) is 0 Å². The zero-order chi connectivity index (χ0) is 55.0. The number of unbranched alkanes of at least 4 members (excludes halogenated alkanes) is 55. The van der Waals surface area contributed by atoms with E-state index in [9.17, 15) is 14.4 Å². The Bertz CT molecular complexity index is 1140. The van der Waals surface area contributed by atoms with Gasteiger partial charge in [-0.2, -0.15) is 0 Å². The molecule has 1 atom stereocenters. The summed E-state index contributed by atoms with van der Waals surface area (Å²) in [7, 11) is 0. The van der Waals surface area contributed by atoms with Crippen LogP contribution in [0.15, 0.2) is 0 Å². The average Bonchev–Trinajstić information content (AvgIpc) is 3.42. The van der Waals surface area contributed by atoms with Crippen LogP contribution in [-0.4, -0.2) is 37.2 Å². The fourth-order valence-corrected chi connectivity index (χ4v) is 11.1. The Morgan fingerprint density at radius 2 is 0.355 bits per heavy atom. The number of hydrogen-bond acceptors (Lipinski definition) is 6. The molecule has 0 aromatic heterocycles. The summed E-state index contributed by atoms with van der Waals surface area (Å²) in [6.07, 6.45) is 77.5. The molecule has 0 saturated heterocycles. The van der Waals surface area contributed by atoms with Crippen LogP contribution >= 0.6 is 0 Å². The summed E-state index contributed by atoms with van der Waals surface area (Å²) in [5, 5.41) is 0. The topological polar surface area (TPSA) is 78.9 Å². The first kappa shape index (κ1) is 74.4. The lowest BCUT2D eigenvalue weighted by Gasteiger charge is -2.18. The second kappa shape index (κ2) is 65.9. The van der Waals surface area contributed by atoms with Gasteiger partial charge in [-0.25, -0.2) is 0 Å². The Morgan fingerprint density at radius 3 is 0.526 bits per heavy atom. The Morgan fingerprint density at radius 1 is 0.211 bits per heavy atom. The van der Waals surface area contributed by atoms with Gasteiger partial charge < -0.3 is 14.2 Å². The number of hydrogen-bond donors (Lipinski definition) is 0. The third-order valence-electron chi connectivity index (χ3n) is 16.4. The van der Waals surface area contributed by atoms with E-state index in [0.29, 0.717) is 19.3 Å². The van der Waals surface area contributed by atoms with Gasteiger partial charge in [0.05, 0.1) is 0 Å². The van der Waals surface area contributed by atoms with Crippen LogP contribution in [0.1, 0.15) is 412 Å². The number of carbonyl (C=O) groups is 3. The van der Waals surface area contributed by atoms with Crippen molar-refractivity contribution in [1.29, 1.82) is 0 Å². The van der Waals surface area contributed by atoms with Crippen LogP contribution in [-0.2, 0) is 28.6 Å². The van der Waals surface area contributed by atoms with Gasteiger partial charge in [0.2, 0.25) is 0 Å². The minimum absolute atomic E-state index is 0.0615. The third-order valence-corrected chi connectivity index (χ3v) is 16.4. The van der Waals surface area contributed by atoms with Crippen molar-refractivity contribution in [2.24, 2.45) is 0 Å². The lowest BCUT2D eigenvalue weighted by molar-refractivity contribution is -0.167. The Hall–Kier alpha value is -1.59. The average molecular weight is 1070 g/mol. The van der Waals surface area contributed by atoms with Crippen molar-refractivity contribution in [2.75, 3.05) is 13.2 Å². The zero-order valence-electron chi connectivity index (χ0n) is 52.1. The summed E-state index contributed by atoms with van der Waals surface area (Å²) in [4.78, 5) is 38.1. The molecule has 0 aromatic rings. The molecule has 0 N–H and O–H groups in total. The molecule has 0 fully saturated rings. The van der Waals surface area contributed by atoms with Gasteiger partial charge in [-0.1, -0.05) is 374 Å². The molecule has 0 heterocycles. The van der Waals surface area contributed by atoms with Crippen LogP contribution in [0.4, 0.5) is 0 Å². The van der Waals surface area contributed by atoms with Crippen LogP contribution < -0.4 is 0 Å². The molecule has 0 rings (SSSR count). The largest absolute Gasteiger partial charge is 0.462 e. The normalized spacial score (nSPS) is 11.9. The lowest BCUT2D eigenvalue weighted by atomic mass is 10.0. The van der Waals surface area contributed by atoms with E-state index in [4.69, 9.17) is 14.2 Å². The highest BCUT2D eigenvalue weighted by Gasteiger charge is 2.19. The monoisotopic (exact) mass is 1070 g/mol. The first-order valence-corrected chi connectivity index (χ1v) is 35.0. The molecule has 0 spiro atoms. The maximum absolute atomic E-state index is 12.8. The predicted octanol–water partition coefficient (Wildman–Crippen LogP) is 23.8. The smallest absolute Gasteiger partial charge is 0.306 e. The SMILES string of the molecule is CCCCCCCCCCCCCCCCCCCCCCCCCCCCCCCCCCCCC(=O)OCC(COC(=O)CCCCCCCCC)OC(=O)CCCCCCCCCCCCCCCCCCC. The van der Waals surface area contributed by atoms with Crippen LogP contribution in [0, 0.1) is 0 Å². The third kappa shape index (κ3) is 63.2. The molecule has 0 bridgehead atoms. The Balaban J connectivity index is 3.89. The molecule has 6 heteroatoms. The fourth-order valence-electron chi connectivity index (χ4n) is 11.1. The molecule has 452 valence electrons. The maximum Gasteiger partial charge on any atom is 0.306 e. The first-order valence-electron chi connectivity index (χ1n) is 35.0. The van der Waals surface area contributed by atoms with Crippen molar-refractivity contribution in [3.8, 4) is 0 Å². The fraction of sp³-hybridized carbons (Fsp3) is 0.957. The second-order valence-electron chi connectivity index (χ2n) is 24.2. The highest BCUT2D eigenvalue weighted by Crippen LogP contribution is 2.19.